The summed E-state index contributed by atoms with van der Waals surface area (Å²) in [6.07, 6.45) is -0.580. The second kappa shape index (κ2) is 6.62. The van der Waals surface area contributed by atoms with Crippen LogP contribution in [-0.4, -0.2) is 28.0 Å². The van der Waals surface area contributed by atoms with Crippen molar-refractivity contribution in [1.82, 2.24) is 4.90 Å². The van der Waals surface area contributed by atoms with Gasteiger partial charge in [-0.3, -0.25) is 15.0 Å². The normalized spacial score (nSPS) is 15.8. The molecule has 24 heavy (non-hydrogen) atoms. The number of hydrogen-bond acceptors (Lipinski definition) is 4. The zero-order chi connectivity index (χ0) is 17.3. The van der Waals surface area contributed by atoms with Crippen molar-refractivity contribution < 1.29 is 18.8 Å². The SMILES string of the molecule is O=[N+]([O-])c1cccc(C(O)CN2CCc3c(F)ccc(F)c3C2)c1. The summed E-state index contributed by atoms with van der Waals surface area (Å²) in [5.74, 6) is -0.869. The van der Waals surface area contributed by atoms with Gasteiger partial charge in [-0.15, -0.1) is 0 Å². The molecule has 0 saturated carbocycles. The van der Waals surface area contributed by atoms with Gasteiger partial charge in [-0.05, 0) is 29.7 Å². The molecule has 1 aliphatic heterocycles. The Morgan fingerprint density at radius 1 is 1.21 bits per heavy atom. The molecule has 1 aliphatic rings. The molecule has 0 aliphatic carbocycles. The van der Waals surface area contributed by atoms with Crippen molar-refractivity contribution in [2.24, 2.45) is 0 Å². The number of nitro benzene ring substituents is 1. The Hall–Kier alpha value is -2.38. The molecule has 0 amide bonds. The maximum absolute atomic E-state index is 13.9. The van der Waals surface area contributed by atoms with Crippen LogP contribution < -0.4 is 0 Å². The van der Waals surface area contributed by atoms with Crippen LogP contribution >= 0.6 is 0 Å². The summed E-state index contributed by atoms with van der Waals surface area (Å²) in [6, 6.07) is 8.03. The van der Waals surface area contributed by atoms with Crippen molar-refractivity contribution in [2.45, 2.75) is 19.1 Å². The fraction of sp³-hybridized carbons (Fsp3) is 0.294. The smallest absolute Gasteiger partial charge is 0.269 e. The molecule has 0 fully saturated rings. The van der Waals surface area contributed by atoms with Crippen LogP contribution in [0, 0.1) is 21.7 Å². The lowest BCUT2D eigenvalue weighted by molar-refractivity contribution is -0.385. The highest BCUT2D eigenvalue weighted by molar-refractivity contribution is 5.36. The zero-order valence-electron chi connectivity index (χ0n) is 12.8. The van der Waals surface area contributed by atoms with Crippen LogP contribution in [0.3, 0.4) is 0 Å². The lowest BCUT2D eigenvalue weighted by Crippen LogP contribution is -2.35. The highest BCUT2D eigenvalue weighted by atomic mass is 19.1. The Morgan fingerprint density at radius 3 is 2.62 bits per heavy atom. The summed E-state index contributed by atoms with van der Waals surface area (Å²) in [5, 5.41) is 21.1. The first-order valence-corrected chi connectivity index (χ1v) is 7.56. The van der Waals surface area contributed by atoms with Gasteiger partial charge in [-0.1, -0.05) is 12.1 Å². The number of benzene rings is 2. The van der Waals surface area contributed by atoms with Crippen molar-refractivity contribution >= 4 is 5.69 Å². The van der Waals surface area contributed by atoms with E-state index < -0.39 is 22.7 Å². The molecule has 7 heteroatoms. The first kappa shape index (κ1) is 16.5. The van der Waals surface area contributed by atoms with Crippen LogP contribution in [0.1, 0.15) is 22.8 Å². The van der Waals surface area contributed by atoms with Crippen molar-refractivity contribution in [1.29, 1.82) is 0 Å². The van der Waals surface area contributed by atoms with E-state index in [0.717, 1.165) is 12.1 Å². The van der Waals surface area contributed by atoms with Gasteiger partial charge in [0.1, 0.15) is 11.6 Å². The van der Waals surface area contributed by atoms with Crippen molar-refractivity contribution in [2.75, 3.05) is 13.1 Å². The standard InChI is InChI=1S/C17H16F2N2O3/c18-15-4-5-16(19)14-9-20(7-6-13(14)15)10-17(22)11-2-1-3-12(8-11)21(23)24/h1-5,8,17,22H,6-7,9-10H2. The summed E-state index contributed by atoms with van der Waals surface area (Å²) < 4.78 is 27.6. The number of aliphatic hydroxyl groups excluding tert-OH is 1. The molecule has 3 rings (SSSR count). The van der Waals surface area contributed by atoms with E-state index in [4.69, 9.17) is 0 Å². The predicted molar refractivity (Wildman–Crippen MR) is 83.4 cm³/mol. The van der Waals surface area contributed by atoms with Crippen molar-refractivity contribution in [3.05, 3.63) is 74.8 Å². The van der Waals surface area contributed by atoms with E-state index >= 15 is 0 Å². The Bertz CT molecular complexity index is 782. The number of hydrogen-bond donors (Lipinski definition) is 1. The minimum atomic E-state index is -0.942. The number of β-amino-alcohol motifs (C(OH)–C–C–N with tert-alkyl or cyclic N) is 1. The maximum Gasteiger partial charge on any atom is 0.269 e. The molecular weight excluding hydrogens is 318 g/mol. The van der Waals surface area contributed by atoms with E-state index in [1.54, 1.807) is 6.07 Å². The Labute approximate surface area is 137 Å². The third-order valence-corrected chi connectivity index (χ3v) is 4.27. The predicted octanol–water partition coefficient (Wildman–Crippen LogP) is 2.96. The summed E-state index contributed by atoms with van der Waals surface area (Å²) in [7, 11) is 0. The van der Waals surface area contributed by atoms with Crippen molar-refractivity contribution in [3.8, 4) is 0 Å². The third kappa shape index (κ3) is 3.27. The number of nitrogens with zero attached hydrogens (tertiary/aromatic N) is 2. The van der Waals surface area contributed by atoms with Crippen molar-refractivity contribution in [3.63, 3.8) is 0 Å². The van der Waals surface area contributed by atoms with E-state index in [2.05, 4.69) is 0 Å². The molecule has 0 spiro atoms. The van der Waals surface area contributed by atoms with Gasteiger partial charge in [0.25, 0.3) is 5.69 Å². The zero-order valence-corrected chi connectivity index (χ0v) is 12.8. The number of non-ortho nitro benzene ring substituents is 1. The largest absolute Gasteiger partial charge is 0.387 e. The van der Waals surface area contributed by atoms with E-state index in [-0.39, 0.29) is 18.8 Å². The molecule has 0 bridgehead atoms. The topological polar surface area (TPSA) is 66.6 Å². The average molecular weight is 334 g/mol. The van der Waals surface area contributed by atoms with Crippen LogP contribution in [0.15, 0.2) is 36.4 Å². The van der Waals surface area contributed by atoms with Gasteiger partial charge < -0.3 is 5.11 Å². The molecule has 1 N–H and O–H groups in total. The molecule has 1 heterocycles. The molecule has 0 aromatic heterocycles. The van der Waals surface area contributed by atoms with Gasteiger partial charge in [0, 0.05) is 37.3 Å². The highest BCUT2D eigenvalue weighted by Crippen LogP contribution is 2.26. The molecule has 0 radical (unpaired) electrons. The van der Waals surface area contributed by atoms with Crippen LogP contribution in [0.4, 0.5) is 14.5 Å². The fourth-order valence-electron chi connectivity index (χ4n) is 3.00. The minimum absolute atomic E-state index is 0.0938. The molecule has 1 atom stereocenters. The number of fused-ring (bicyclic) bond motifs is 1. The van der Waals surface area contributed by atoms with Gasteiger partial charge in [0.15, 0.2) is 0 Å². The summed E-state index contributed by atoms with van der Waals surface area (Å²) in [6.45, 7) is 0.876. The molecular formula is C17H16F2N2O3. The molecule has 5 nitrogen and oxygen atoms in total. The second-order valence-corrected chi connectivity index (χ2v) is 5.84. The van der Waals surface area contributed by atoms with Gasteiger partial charge >= 0.3 is 0 Å². The number of halogens is 2. The Kier molecular flexibility index (Phi) is 4.55. The molecule has 126 valence electrons. The minimum Gasteiger partial charge on any atom is -0.387 e. The summed E-state index contributed by atoms with van der Waals surface area (Å²) >= 11 is 0. The summed E-state index contributed by atoms with van der Waals surface area (Å²) in [5.41, 5.74) is 1.03. The Morgan fingerprint density at radius 2 is 1.92 bits per heavy atom. The lowest BCUT2D eigenvalue weighted by Gasteiger charge is -2.30. The highest BCUT2D eigenvalue weighted by Gasteiger charge is 2.24. The number of aliphatic hydroxyl groups is 1. The fourth-order valence-corrected chi connectivity index (χ4v) is 3.00. The quantitative estimate of drug-likeness (QED) is 0.689. The monoisotopic (exact) mass is 334 g/mol. The van der Waals surface area contributed by atoms with E-state index in [1.165, 1.54) is 18.2 Å². The van der Waals surface area contributed by atoms with Crippen LogP contribution in [-0.2, 0) is 13.0 Å². The van der Waals surface area contributed by atoms with Crippen LogP contribution in [0.5, 0.6) is 0 Å². The molecule has 0 saturated heterocycles. The lowest BCUT2D eigenvalue weighted by atomic mass is 9.97. The Balaban J connectivity index is 1.74. The van der Waals surface area contributed by atoms with Crippen LogP contribution in [0.2, 0.25) is 0 Å². The molecule has 2 aromatic rings. The van der Waals surface area contributed by atoms with Gasteiger partial charge in [0.2, 0.25) is 0 Å². The average Bonchev–Trinajstić information content (AvgIpc) is 2.58. The van der Waals surface area contributed by atoms with Gasteiger partial charge in [-0.2, -0.15) is 0 Å². The van der Waals surface area contributed by atoms with Gasteiger partial charge in [-0.25, -0.2) is 8.78 Å². The summed E-state index contributed by atoms with van der Waals surface area (Å²) in [4.78, 5) is 12.1. The molecule has 1 unspecified atom stereocenters. The number of nitro groups is 1. The van der Waals surface area contributed by atoms with E-state index in [1.807, 2.05) is 4.90 Å². The van der Waals surface area contributed by atoms with E-state index in [0.29, 0.717) is 29.7 Å². The van der Waals surface area contributed by atoms with Gasteiger partial charge in [0.05, 0.1) is 11.0 Å². The third-order valence-electron chi connectivity index (χ3n) is 4.27. The first-order chi connectivity index (χ1) is 11.5. The number of rotatable bonds is 4. The molecule has 2 aromatic carbocycles. The first-order valence-electron chi connectivity index (χ1n) is 7.56. The van der Waals surface area contributed by atoms with E-state index in [9.17, 15) is 24.0 Å². The van der Waals surface area contributed by atoms with Crippen LogP contribution in [0.25, 0.3) is 0 Å². The maximum atomic E-state index is 13.9. The second-order valence-electron chi connectivity index (χ2n) is 5.84.